The van der Waals surface area contributed by atoms with Crippen molar-refractivity contribution in [2.75, 3.05) is 5.75 Å². The molecule has 0 bridgehead atoms. The lowest BCUT2D eigenvalue weighted by Gasteiger charge is -2.10. The molecule has 5 heteroatoms. The van der Waals surface area contributed by atoms with Crippen molar-refractivity contribution in [2.24, 2.45) is 0 Å². The van der Waals surface area contributed by atoms with Crippen LogP contribution in [0.15, 0.2) is 59.8 Å². The Morgan fingerprint density at radius 3 is 2.45 bits per heavy atom. The summed E-state index contributed by atoms with van der Waals surface area (Å²) in [5.74, 6) is 1.78. The largest absolute Gasteiger partial charge is 0.270 e. The van der Waals surface area contributed by atoms with Gasteiger partial charge in [-0.2, -0.15) is 0 Å². The zero-order valence-electron chi connectivity index (χ0n) is 12.2. The van der Waals surface area contributed by atoms with Gasteiger partial charge in [0.05, 0.1) is 5.02 Å². The summed E-state index contributed by atoms with van der Waals surface area (Å²) in [6.07, 6.45) is 1.09. The number of halogens is 1. The van der Waals surface area contributed by atoms with Gasteiger partial charge < -0.3 is 0 Å². The number of para-hydroxylation sites is 1. The number of hydrogen-bond donors (Lipinski definition) is 0. The molecule has 0 amide bonds. The molecule has 2 aromatic carbocycles. The Labute approximate surface area is 139 Å². The molecule has 0 atom stereocenters. The third-order valence-electron chi connectivity index (χ3n) is 3.20. The van der Waals surface area contributed by atoms with Crippen molar-refractivity contribution < 1.29 is 0 Å². The average Bonchev–Trinajstić information content (AvgIpc) is 2.98. The Hall–Kier alpha value is -1.78. The van der Waals surface area contributed by atoms with E-state index in [2.05, 4.69) is 33.8 Å². The van der Waals surface area contributed by atoms with Gasteiger partial charge in [-0.3, -0.25) is 4.57 Å². The van der Waals surface area contributed by atoms with Crippen molar-refractivity contribution in [1.82, 2.24) is 14.8 Å². The summed E-state index contributed by atoms with van der Waals surface area (Å²) in [5.41, 5.74) is 1.94. The van der Waals surface area contributed by atoms with Gasteiger partial charge in [-0.15, -0.1) is 10.2 Å². The number of benzene rings is 2. The summed E-state index contributed by atoms with van der Waals surface area (Å²) in [4.78, 5) is 0. The molecule has 3 aromatic rings. The first-order valence-corrected chi connectivity index (χ1v) is 8.56. The molecule has 0 unspecified atom stereocenters. The van der Waals surface area contributed by atoms with Crippen molar-refractivity contribution >= 4 is 23.4 Å². The van der Waals surface area contributed by atoms with E-state index in [-0.39, 0.29) is 0 Å². The molecule has 1 aromatic heterocycles. The molecular weight excluding hydrogens is 314 g/mol. The predicted octanol–water partition coefficient (Wildman–Crippen LogP) is 5.09. The van der Waals surface area contributed by atoms with Crippen molar-refractivity contribution in [2.45, 2.75) is 18.5 Å². The highest BCUT2D eigenvalue weighted by atomic mass is 35.5. The molecule has 0 aliphatic heterocycles. The van der Waals surface area contributed by atoms with E-state index >= 15 is 0 Å². The standard InChI is InChI=1S/C17H16ClN3S/c1-2-12-22-17-20-19-16(14-10-6-7-11-15(14)18)21(17)13-8-4-3-5-9-13/h3-11H,2,12H2,1H3. The Morgan fingerprint density at radius 2 is 1.73 bits per heavy atom. The summed E-state index contributed by atoms with van der Waals surface area (Å²) in [6.45, 7) is 2.16. The molecule has 0 spiro atoms. The topological polar surface area (TPSA) is 30.7 Å². The minimum absolute atomic E-state index is 0.680. The Kier molecular flexibility index (Phi) is 4.80. The zero-order valence-corrected chi connectivity index (χ0v) is 13.8. The van der Waals surface area contributed by atoms with Gasteiger partial charge in [0.2, 0.25) is 0 Å². The molecular formula is C17H16ClN3S. The molecule has 0 aliphatic carbocycles. The molecule has 1 heterocycles. The molecule has 3 rings (SSSR count). The van der Waals surface area contributed by atoms with E-state index < -0.39 is 0 Å². The minimum atomic E-state index is 0.680. The van der Waals surface area contributed by atoms with Crippen LogP contribution in [0.4, 0.5) is 0 Å². The van der Waals surface area contributed by atoms with E-state index in [0.717, 1.165) is 34.4 Å². The summed E-state index contributed by atoms with van der Waals surface area (Å²) >= 11 is 8.05. The van der Waals surface area contributed by atoms with E-state index in [1.54, 1.807) is 11.8 Å². The predicted molar refractivity (Wildman–Crippen MR) is 92.8 cm³/mol. The van der Waals surface area contributed by atoms with Gasteiger partial charge in [0.1, 0.15) is 0 Å². The lowest BCUT2D eigenvalue weighted by atomic mass is 10.2. The van der Waals surface area contributed by atoms with Gasteiger partial charge in [-0.25, -0.2) is 0 Å². The molecule has 0 N–H and O–H groups in total. The number of hydrogen-bond acceptors (Lipinski definition) is 3. The fourth-order valence-electron chi connectivity index (χ4n) is 2.18. The Morgan fingerprint density at radius 1 is 1.00 bits per heavy atom. The third-order valence-corrected chi connectivity index (χ3v) is 4.66. The van der Waals surface area contributed by atoms with Crippen LogP contribution in [0.2, 0.25) is 5.02 Å². The lowest BCUT2D eigenvalue weighted by Crippen LogP contribution is -2.00. The van der Waals surface area contributed by atoms with Crippen LogP contribution in [-0.4, -0.2) is 20.5 Å². The second-order valence-corrected chi connectivity index (χ2v) is 6.27. The zero-order chi connectivity index (χ0) is 15.4. The van der Waals surface area contributed by atoms with Crippen LogP contribution in [0.3, 0.4) is 0 Å². The first-order chi connectivity index (χ1) is 10.8. The van der Waals surface area contributed by atoms with Gasteiger partial charge in [0.25, 0.3) is 0 Å². The Bertz CT molecular complexity index is 756. The molecule has 0 saturated heterocycles. The van der Waals surface area contributed by atoms with E-state index in [0.29, 0.717) is 5.02 Å². The maximum atomic E-state index is 6.34. The van der Waals surface area contributed by atoms with Crippen molar-refractivity contribution in [3.8, 4) is 17.1 Å². The molecule has 0 radical (unpaired) electrons. The van der Waals surface area contributed by atoms with Crippen LogP contribution in [0.5, 0.6) is 0 Å². The van der Waals surface area contributed by atoms with Crippen LogP contribution in [-0.2, 0) is 0 Å². The summed E-state index contributed by atoms with van der Waals surface area (Å²) in [6, 6.07) is 17.9. The highest BCUT2D eigenvalue weighted by Gasteiger charge is 2.17. The van der Waals surface area contributed by atoms with E-state index in [9.17, 15) is 0 Å². The number of nitrogens with zero attached hydrogens (tertiary/aromatic N) is 3. The highest BCUT2D eigenvalue weighted by Crippen LogP contribution is 2.31. The summed E-state index contributed by atoms with van der Waals surface area (Å²) in [5, 5.41) is 10.3. The van der Waals surface area contributed by atoms with Crippen LogP contribution in [0, 0.1) is 0 Å². The van der Waals surface area contributed by atoms with Crippen LogP contribution in [0.25, 0.3) is 17.1 Å². The van der Waals surface area contributed by atoms with Gasteiger partial charge in [-0.05, 0) is 30.7 Å². The van der Waals surface area contributed by atoms with E-state index in [1.807, 2.05) is 42.5 Å². The fraction of sp³-hybridized carbons (Fsp3) is 0.176. The highest BCUT2D eigenvalue weighted by molar-refractivity contribution is 7.99. The average molecular weight is 330 g/mol. The molecule has 112 valence electrons. The second kappa shape index (κ2) is 6.99. The lowest BCUT2D eigenvalue weighted by molar-refractivity contribution is 0.884. The summed E-state index contributed by atoms with van der Waals surface area (Å²) in [7, 11) is 0. The smallest absolute Gasteiger partial charge is 0.196 e. The van der Waals surface area contributed by atoms with Gasteiger partial charge in [0.15, 0.2) is 11.0 Å². The molecule has 0 fully saturated rings. The molecule has 0 saturated carbocycles. The maximum absolute atomic E-state index is 6.34. The van der Waals surface area contributed by atoms with Crippen LogP contribution in [0.1, 0.15) is 13.3 Å². The molecule has 22 heavy (non-hydrogen) atoms. The molecule has 0 aliphatic rings. The third kappa shape index (κ3) is 3.03. The maximum Gasteiger partial charge on any atom is 0.196 e. The first kappa shape index (κ1) is 15.1. The van der Waals surface area contributed by atoms with E-state index in [4.69, 9.17) is 11.6 Å². The van der Waals surface area contributed by atoms with Gasteiger partial charge in [-0.1, -0.05) is 60.6 Å². The number of aromatic nitrogens is 3. The van der Waals surface area contributed by atoms with E-state index in [1.165, 1.54) is 0 Å². The monoisotopic (exact) mass is 329 g/mol. The van der Waals surface area contributed by atoms with Crippen molar-refractivity contribution in [3.05, 3.63) is 59.6 Å². The normalized spacial score (nSPS) is 10.8. The Balaban J connectivity index is 2.15. The minimum Gasteiger partial charge on any atom is -0.270 e. The number of rotatable bonds is 5. The molecule has 3 nitrogen and oxygen atoms in total. The van der Waals surface area contributed by atoms with Crippen LogP contribution >= 0.6 is 23.4 Å². The van der Waals surface area contributed by atoms with Crippen molar-refractivity contribution in [1.29, 1.82) is 0 Å². The van der Waals surface area contributed by atoms with Crippen molar-refractivity contribution in [3.63, 3.8) is 0 Å². The van der Waals surface area contributed by atoms with Crippen LogP contribution < -0.4 is 0 Å². The number of thioether (sulfide) groups is 1. The van der Waals surface area contributed by atoms with Gasteiger partial charge in [0, 0.05) is 17.0 Å². The quantitative estimate of drug-likeness (QED) is 0.611. The van der Waals surface area contributed by atoms with Gasteiger partial charge >= 0.3 is 0 Å². The summed E-state index contributed by atoms with van der Waals surface area (Å²) < 4.78 is 2.07. The first-order valence-electron chi connectivity index (χ1n) is 7.19. The second-order valence-electron chi connectivity index (χ2n) is 4.81. The SMILES string of the molecule is CCCSc1nnc(-c2ccccc2Cl)n1-c1ccccc1. The fourth-order valence-corrected chi connectivity index (χ4v) is 3.21.